The Hall–Kier alpha value is -1.83. The van der Waals surface area contributed by atoms with E-state index >= 15 is 0 Å². The number of carbonyl (C=O) groups is 1. The van der Waals surface area contributed by atoms with Gasteiger partial charge in [-0.15, -0.1) is 11.3 Å². The second kappa shape index (κ2) is 8.70. The van der Waals surface area contributed by atoms with E-state index in [1.807, 2.05) is 30.3 Å². The molecule has 2 aromatic rings. The molecule has 1 aromatic carbocycles. The third kappa shape index (κ3) is 5.09. The molecule has 0 aliphatic rings. The highest BCUT2D eigenvalue weighted by Gasteiger charge is 2.23. The van der Waals surface area contributed by atoms with Gasteiger partial charge in [0.15, 0.2) is 17.6 Å². The van der Waals surface area contributed by atoms with Crippen molar-refractivity contribution < 1.29 is 19.4 Å². The van der Waals surface area contributed by atoms with Gasteiger partial charge in [0.25, 0.3) is 5.91 Å². The van der Waals surface area contributed by atoms with E-state index in [2.05, 4.69) is 25.0 Å². The predicted octanol–water partition coefficient (Wildman–Crippen LogP) is 2.70. The highest BCUT2D eigenvalue weighted by Crippen LogP contribution is 2.27. The van der Waals surface area contributed by atoms with Crippen LogP contribution in [-0.2, 0) is 11.2 Å². The van der Waals surface area contributed by atoms with Crippen molar-refractivity contribution in [2.75, 3.05) is 20.8 Å². The van der Waals surface area contributed by atoms with Crippen LogP contribution in [0.1, 0.15) is 16.5 Å². The van der Waals surface area contributed by atoms with E-state index in [1.54, 1.807) is 14.2 Å². The lowest BCUT2D eigenvalue weighted by molar-refractivity contribution is -0.129. The second-order valence-electron chi connectivity index (χ2n) is 7.08. The van der Waals surface area contributed by atoms with Crippen LogP contribution >= 0.6 is 11.3 Å². The van der Waals surface area contributed by atoms with Crippen molar-refractivity contribution in [3.05, 3.63) is 40.8 Å². The Morgan fingerprint density at radius 1 is 1.15 bits per heavy atom. The van der Waals surface area contributed by atoms with Gasteiger partial charge < -0.3 is 19.9 Å². The summed E-state index contributed by atoms with van der Waals surface area (Å²) in [7, 11) is 1.76. The molecule has 1 aromatic heterocycles. The molecule has 1 heterocycles. The zero-order valence-corrected chi connectivity index (χ0v) is 17.8. The van der Waals surface area contributed by atoms with E-state index in [1.165, 1.54) is 15.8 Å². The summed E-state index contributed by atoms with van der Waals surface area (Å²) in [5.41, 5.74) is 1.02. The van der Waals surface area contributed by atoms with Crippen LogP contribution in [0.25, 0.3) is 0 Å². The Kier molecular flexibility index (Phi) is 6.85. The number of amides is 1. The van der Waals surface area contributed by atoms with Gasteiger partial charge >= 0.3 is 0 Å². The molecule has 142 valence electrons. The largest absolute Gasteiger partial charge is 0.493 e. The summed E-state index contributed by atoms with van der Waals surface area (Å²) in [6.45, 7) is 7.19. The van der Waals surface area contributed by atoms with Gasteiger partial charge in [0, 0.05) is 11.4 Å². The summed E-state index contributed by atoms with van der Waals surface area (Å²) >= 11 is 1.54. The van der Waals surface area contributed by atoms with Gasteiger partial charge in [-0.1, -0.05) is 31.8 Å². The molecule has 0 radical (unpaired) electrons. The molecule has 7 heteroatoms. The molecule has 0 saturated heterocycles. The Morgan fingerprint density at radius 2 is 1.85 bits per heavy atom. The molecule has 0 saturated carbocycles. The zero-order chi connectivity index (χ0) is 19.3. The second-order valence-corrected chi connectivity index (χ2v) is 13.6. The van der Waals surface area contributed by atoms with Crippen molar-refractivity contribution in [2.24, 2.45) is 0 Å². The smallest absolute Gasteiger partial charge is 0.254 e. The van der Waals surface area contributed by atoms with Crippen molar-refractivity contribution in [2.45, 2.75) is 32.2 Å². The Balaban J connectivity index is 1.91. The number of nitrogens with one attached hydrogen (secondary N) is 1. The number of ether oxygens (including phenoxy) is 2. The molecule has 0 spiro atoms. The molecule has 5 nitrogen and oxygen atoms in total. The lowest BCUT2D eigenvalue weighted by atomic mass is 10.1. The van der Waals surface area contributed by atoms with E-state index in [0.29, 0.717) is 29.3 Å². The number of thiophene rings is 1. The molecule has 0 aliphatic carbocycles. The van der Waals surface area contributed by atoms with Gasteiger partial charge in [0.1, 0.15) is 0 Å². The van der Waals surface area contributed by atoms with Crippen LogP contribution < -0.4 is 19.3 Å². The third-order valence-corrected chi connectivity index (χ3v) is 8.78. The van der Waals surface area contributed by atoms with Crippen LogP contribution in [0.5, 0.6) is 11.5 Å². The number of aliphatic hydroxyl groups excluding tert-OH is 1. The lowest BCUT2D eigenvalue weighted by Crippen LogP contribution is -2.35. The Morgan fingerprint density at radius 3 is 2.42 bits per heavy atom. The minimum Gasteiger partial charge on any atom is -0.493 e. The minimum absolute atomic E-state index is 0.366. The Labute approximate surface area is 160 Å². The fraction of sp³-hybridized carbons (Fsp3) is 0.421. The first-order valence-corrected chi connectivity index (χ1v) is 12.8. The molecule has 1 unspecified atom stereocenters. The molecule has 2 N–H and O–H groups in total. The summed E-state index contributed by atoms with van der Waals surface area (Å²) in [5, 5.41) is 13.1. The summed E-state index contributed by atoms with van der Waals surface area (Å²) in [6, 6.07) is 9.56. The van der Waals surface area contributed by atoms with E-state index in [9.17, 15) is 9.90 Å². The van der Waals surface area contributed by atoms with Crippen LogP contribution in [0, 0.1) is 0 Å². The van der Waals surface area contributed by atoms with Gasteiger partial charge in [0.2, 0.25) is 0 Å². The maximum atomic E-state index is 12.2. The number of hydrogen-bond donors (Lipinski definition) is 2. The van der Waals surface area contributed by atoms with Crippen molar-refractivity contribution in [1.29, 1.82) is 0 Å². The number of methoxy groups -OCH3 is 2. The highest BCUT2D eigenvalue weighted by molar-refractivity contribution is 7.26. The van der Waals surface area contributed by atoms with Crippen LogP contribution in [-0.4, -0.2) is 39.9 Å². The molecule has 2 rings (SSSR count). The summed E-state index contributed by atoms with van der Waals surface area (Å²) in [4.78, 5) is 12.9. The van der Waals surface area contributed by atoms with E-state index in [4.69, 9.17) is 9.47 Å². The molecule has 0 bridgehead atoms. The SMILES string of the molecule is COc1ccc(CCNC(=O)C(O)c2ccc([Si](C)(C)C)s2)cc1OC. The fourth-order valence-electron chi connectivity index (χ4n) is 2.49. The highest BCUT2D eigenvalue weighted by atomic mass is 32.1. The standard InChI is InChI=1S/C19H27NO4SSi/c1-23-14-7-6-13(12-15(14)24-2)10-11-20-19(22)18(21)16-8-9-17(25-16)26(3,4)5/h6-9,12,18,21H,10-11H2,1-5H3,(H,20,22). The van der Waals surface area contributed by atoms with Crippen molar-refractivity contribution in [3.63, 3.8) is 0 Å². The topological polar surface area (TPSA) is 67.8 Å². The molecule has 0 aliphatic heterocycles. The quantitative estimate of drug-likeness (QED) is 0.677. The summed E-state index contributed by atoms with van der Waals surface area (Å²) in [6.07, 6.45) is -0.473. The number of rotatable bonds is 8. The first-order valence-electron chi connectivity index (χ1n) is 8.53. The maximum Gasteiger partial charge on any atom is 0.254 e. The normalized spacial score (nSPS) is 12.5. The lowest BCUT2D eigenvalue weighted by Gasteiger charge is -2.13. The first-order chi connectivity index (χ1) is 12.3. The van der Waals surface area contributed by atoms with Gasteiger partial charge in [-0.2, -0.15) is 0 Å². The monoisotopic (exact) mass is 393 g/mol. The maximum absolute atomic E-state index is 12.2. The number of aliphatic hydroxyl groups is 1. The van der Waals surface area contributed by atoms with Crippen molar-refractivity contribution >= 4 is 29.8 Å². The minimum atomic E-state index is -1.43. The number of benzene rings is 1. The number of carbonyl (C=O) groups excluding carboxylic acids is 1. The fourth-order valence-corrected chi connectivity index (χ4v) is 5.40. The predicted molar refractivity (Wildman–Crippen MR) is 109 cm³/mol. The van der Waals surface area contributed by atoms with Gasteiger partial charge in [-0.05, 0) is 34.7 Å². The van der Waals surface area contributed by atoms with Crippen molar-refractivity contribution in [3.8, 4) is 11.5 Å². The molecule has 1 atom stereocenters. The van der Waals surface area contributed by atoms with E-state index in [0.717, 1.165) is 5.56 Å². The van der Waals surface area contributed by atoms with Crippen LogP contribution in [0.15, 0.2) is 30.3 Å². The number of hydrogen-bond acceptors (Lipinski definition) is 5. The molecule has 1 amide bonds. The first kappa shape index (κ1) is 20.5. The van der Waals surface area contributed by atoms with E-state index in [-0.39, 0.29) is 5.91 Å². The zero-order valence-electron chi connectivity index (χ0n) is 16.0. The van der Waals surface area contributed by atoms with Crippen molar-refractivity contribution in [1.82, 2.24) is 5.32 Å². The average Bonchev–Trinajstić information content (AvgIpc) is 3.11. The van der Waals surface area contributed by atoms with Crippen LogP contribution in [0.4, 0.5) is 0 Å². The molecule has 26 heavy (non-hydrogen) atoms. The molecule has 0 fully saturated rings. The average molecular weight is 394 g/mol. The summed E-state index contributed by atoms with van der Waals surface area (Å²) < 4.78 is 11.8. The van der Waals surface area contributed by atoms with Gasteiger partial charge in [-0.25, -0.2) is 0 Å². The van der Waals surface area contributed by atoms with Crippen LogP contribution in [0.3, 0.4) is 0 Å². The molecular formula is C19H27NO4SSi. The van der Waals surface area contributed by atoms with Gasteiger partial charge in [0.05, 0.1) is 22.3 Å². The third-order valence-electron chi connectivity index (χ3n) is 4.04. The van der Waals surface area contributed by atoms with Crippen LogP contribution in [0.2, 0.25) is 19.6 Å². The summed E-state index contributed by atoms with van der Waals surface area (Å²) in [5.74, 6) is 0.967. The van der Waals surface area contributed by atoms with E-state index < -0.39 is 14.2 Å². The van der Waals surface area contributed by atoms with Gasteiger partial charge in [-0.3, -0.25) is 4.79 Å². The molecular weight excluding hydrogens is 366 g/mol. The Bertz CT molecular complexity index is 754.